The second kappa shape index (κ2) is 8.31. The van der Waals surface area contributed by atoms with Gasteiger partial charge in [0.15, 0.2) is 0 Å². The number of para-hydroxylation sites is 1. The Kier molecular flexibility index (Phi) is 5.00. The molecular weight excluding hydrogens is 414 g/mol. The van der Waals surface area contributed by atoms with Gasteiger partial charge < -0.3 is 4.42 Å². The molecule has 0 saturated heterocycles. The molecule has 0 bridgehead atoms. The lowest BCUT2D eigenvalue weighted by Gasteiger charge is -2.10. The van der Waals surface area contributed by atoms with Crippen LogP contribution in [0.1, 0.15) is 25.3 Å². The molecule has 0 unspecified atom stereocenters. The predicted octanol–water partition coefficient (Wildman–Crippen LogP) is 9.11. The van der Waals surface area contributed by atoms with Crippen LogP contribution in [0.5, 0.6) is 0 Å². The molecule has 2 nitrogen and oxygen atoms in total. The molecule has 2 heterocycles. The van der Waals surface area contributed by atoms with Crippen molar-refractivity contribution in [1.29, 1.82) is 0 Å². The Morgan fingerprint density at radius 2 is 1.29 bits per heavy atom. The van der Waals surface area contributed by atoms with Crippen molar-refractivity contribution < 1.29 is 4.42 Å². The minimum atomic E-state index is 0.432. The summed E-state index contributed by atoms with van der Waals surface area (Å²) < 4.78 is 6.75. The summed E-state index contributed by atoms with van der Waals surface area (Å²) in [6.45, 7) is 4.42. The minimum absolute atomic E-state index is 0.432. The monoisotopic (exact) mass is 439 g/mol. The summed E-state index contributed by atoms with van der Waals surface area (Å²) in [6, 6.07) is 36.1. The average molecular weight is 440 g/mol. The molecule has 0 saturated carbocycles. The van der Waals surface area contributed by atoms with E-state index >= 15 is 0 Å². The molecule has 0 amide bonds. The quantitative estimate of drug-likeness (QED) is 0.274. The fraction of sp³-hybridized carbons (Fsp3) is 0.0938. The van der Waals surface area contributed by atoms with Gasteiger partial charge in [-0.1, -0.05) is 98.8 Å². The van der Waals surface area contributed by atoms with Crippen LogP contribution in [0.4, 0.5) is 0 Å². The first-order valence-corrected chi connectivity index (χ1v) is 11.8. The first-order valence-electron chi connectivity index (χ1n) is 11.8. The van der Waals surface area contributed by atoms with E-state index in [0.717, 1.165) is 44.3 Å². The normalized spacial score (nSPS) is 11.5. The standard InChI is InChI=1S/C32H25NO/c1-21(2)24-18-19-33-29(20-24)27-17-16-25(22-10-5-3-6-11-22)30-28-15-9-14-26(31(28)34-32(27)30)23-12-7-4-8-13-23/h3-21H,1-2H3. The fourth-order valence-corrected chi connectivity index (χ4v) is 4.76. The Bertz CT molecular complexity index is 1610. The Morgan fingerprint density at radius 3 is 2.00 bits per heavy atom. The zero-order valence-electron chi connectivity index (χ0n) is 19.3. The molecule has 2 aromatic heterocycles. The van der Waals surface area contributed by atoms with E-state index in [0.29, 0.717) is 5.92 Å². The molecular formula is C32H25NO. The van der Waals surface area contributed by atoms with Crippen LogP contribution in [0.15, 0.2) is 114 Å². The lowest BCUT2D eigenvalue weighted by atomic mass is 9.94. The molecule has 0 aliphatic heterocycles. The minimum Gasteiger partial charge on any atom is -0.455 e. The van der Waals surface area contributed by atoms with Crippen molar-refractivity contribution in [3.63, 3.8) is 0 Å². The number of hydrogen-bond acceptors (Lipinski definition) is 2. The van der Waals surface area contributed by atoms with E-state index < -0.39 is 0 Å². The molecule has 0 aliphatic carbocycles. The first-order chi connectivity index (χ1) is 16.7. The van der Waals surface area contributed by atoms with E-state index in [1.807, 2.05) is 12.3 Å². The molecule has 34 heavy (non-hydrogen) atoms. The Balaban J connectivity index is 1.71. The molecule has 0 aliphatic rings. The van der Waals surface area contributed by atoms with Gasteiger partial charge >= 0.3 is 0 Å². The van der Waals surface area contributed by atoms with E-state index in [4.69, 9.17) is 9.40 Å². The first kappa shape index (κ1) is 20.4. The number of benzene rings is 4. The van der Waals surface area contributed by atoms with Gasteiger partial charge in [-0.05, 0) is 46.4 Å². The maximum Gasteiger partial charge on any atom is 0.145 e. The zero-order chi connectivity index (χ0) is 23.1. The van der Waals surface area contributed by atoms with E-state index in [9.17, 15) is 0 Å². The van der Waals surface area contributed by atoms with Crippen LogP contribution in [0.2, 0.25) is 0 Å². The van der Waals surface area contributed by atoms with Gasteiger partial charge in [0, 0.05) is 28.1 Å². The van der Waals surface area contributed by atoms with Gasteiger partial charge in [-0.3, -0.25) is 4.98 Å². The Labute approximate surface area is 199 Å². The van der Waals surface area contributed by atoms with Crippen LogP contribution in [-0.4, -0.2) is 4.98 Å². The van der Waals surface area contributed by atoms with Crippen LogP contribution >= 0.6 is 0 Å². The van der Waals surface area contributed by atoms with Crippen LogP contribution in [0.25, 0.3) is 55.4 Å². The largest absolute Gasteiger partial charge is 0.455 e. The zero-order valence-corrected chi connectivity index (χ0v) is 19.3. The Hall–Kier alpha value is -4.17. The van der Waals surface area contributed by atoms with Crippen molar-refractivity contribution in [1.82, 2.24) is 4.98 Å². The van der Waals surface area contributed by atoms with E-state index in [-0.39, 0.29) is 0 Å². The molecule has 0 spiro atoms. The summed E-state index contributed by atoms with van der Waals surface area (Å²) in [4.78, 5) is 4.74. The molecule has 2 heteroatoms. The highest BCUT2D eigenvalue weighted by atomic mass is 16.3. The van der Waals surface area contributed by atoms with Crippen LogP contribution in [0, 0.1) is 0 Å². The van der Waals surface area contributed by atoms with Gasteiger partial charge in [-0.2, -0.15) is 0 Å². The Morgan fingerprint density at radius 1 is 0.618 bits per heavy atom. The molecule has 4 aromatic carbocycles. The maximum atomic E-state index is 6.75. The molecule has 164 valence electrons. The summed E-state index contributed by atoms with van der Waals surface area (Å²) in [7, 11) is 0. The summed E-state index contributed by atoms with van der Waals surface area (Å²) in [5.41, 5.74) is 9.62. The van der Waals surface area contributed by atoms with E-state index in [2.05, 4.69) is 111 Å². The average Bonchev–Trinajstić information content (AvgIpc) is 3.29. The van der Waals surface area contributed by atoms with Gasteiger partial charge in [0.05, 0.1) is 5.69 Å². The lowest BCUT2D eigenvalue weighted by Crippen LogP contribution is -1.91. The highest BCUT2D eigenvalue weighted by molar-refractivity contribution is 6.18. The number of nitrogens with zero attached hydrogens (tertiary/aromatic N) is 1. The van der Waals surface area contributed by atoms with Crippen LogP contribution in [-0.2, 0) is 0 Å². The fourth-order valence-electron chi connectivity index (χ4n) is 4.76. The summed E-state index contributed by atoms with van der Waals surface area (Å²) in [5, 5.41) is 2.25. The summed E-state index contributed by atoms with van der Waals surface area (Å²) >= 11 is 0. The summed E-state index contributed by atoms with van der Waals surface area (Å²) in [5.74, 6) is 0.432. The van der Waals surface area contributed by atoms with Crippen molar-refractivity contribution in [2.45, 2.75) is 19.8 Å². The third kappa shape index (κ3) is 3.39. The third-order valence-corrected chi connectivity index (χ3v) is 6.54. The van der Waals surface area contributed by atoms with Crippen molar-refractivity contribution in [3.8, 4) is 33.5 Å². The molecule has 6 rings (SSSR count). The SMILES string of the molecule is CC(C)c1ccnc(-c2ccc(-c3ccccc3)c3c2oc2c(-c4ccccc4)cccc23)c1. The molecule has 6 aromatic rings. The summed E-state index contributed by atoms with van der Waals surface area (Å²) in [6.07, 6.45) is 1.90. The van der Waals surface area contributed by atoms with Gasteiger partial charge in [0.2, 0.25) is 0 Å². The second-order valence-corrected chi connectivity index (χ2v) is 9.01. The molecule has 0 radical (unpaired) electrons. The third-order valence-electron chi connectivity index (χ3n) is 6.54. The van der Waals surface area contributed by atoms with Gasteiger partial charge in [0.1, 0.15) is 11.2 Å². The van der Waals surface area contributed by atoms with Gasteiger partial charge in [-0.25, -0.2) is 0 Å². The number of pyridine rings is 1. The number of hydrogen-bond donors (Lipinski definition) is 0. The number of furan rings is 1. The van der Waals surface area contributed by atoms with Crippen molar-refractivity contribution in [2.75, 3.05) is 0 Å². The van der Waals surface area contributed by atoms with E-state index in [1.165, 1.54) is 16.7 Å². The number of fused-ring (bicyclic) bond motifs is 3. The maximum absolute atomic E-state index is 6.75. The predicted molar refractivity (Wildman–Crippen MR) is 142 cm³/mol. The van der Waals surface area contributed by atoms with E-state index in [1.54, 1.807) is 0 Å². The second-order valence-electron chi connectivity index (χ2n) is 9.01. The molecule has 0 N–H and O–H groups in total. The van der Waals surface area contributed by atoms with Gasteiger partial charge in [0.25, 0.3) is 0 Å². The smallest absolute Gasteiger partial charge is 0.145 e. The highest BCUT2D eigenvalue weighted by Gasteiger charge is 2.20. The van der Waals surface area contributed by atoms with Crippen molar-refractivity contribution in [2.24, 2.45) is 0 Å². The highest BCUT2D eigenvalue weighted by Crippen LogP contribution is 2.44. The topological polar surface area (TPSA) is 26.0 Å². The van der Waals surface area contributed by atoms with Crippen LogP contribution < -0.4 is 0 Å². The lowest BCUT2D eigenvalue weighted by molar-refractivity contribution is 0.671. The molecule has 0 fully saturated rings. The molecule has 0 atom stereocenters. The number of rotatable bonds is 4. The van der Waals surface area contributed by atoms with Crippen molar-refractivity contribution >= 4 is 21.9 Å². The van der Waals surface area contributed by atoms with Gasteiger partial charge in [-0.15, -0.1) is 0 Å². The van der Waals surface area contributed by atoms with Crippen molar-refractivity contribution in [3.05, 3.63) is 115 Å². The number of aromatic nitrogens is 1. The van der Waals surface area contributed by atoms with Crippen LogP contribution in [0.3, 0.4) is 0 Å².